The summed E-state index contributed by atoms with van der Waals surface area (Å²) in [6.07, 6.45) is 0. The Morgan fingerprint density at radius 2 is 0.800 bits per heavy atom. The first kappa shape index (κ1) is 22.6. The highest BCUT2D eigenvalue weighted by atomic mass is 16.1. The van der Waals surface area contributed by atoms with Gasteiger partial charge in [-0.2, -0.15) is 0 Å². The summed E-state index contributed by atoms with van der Waals surface area (Å²) in [5, 5.41) is 6.98. The van der Waals surface area contributed by atoms with Crippen molar-refractivity contribution in [2.45, 2.75) is 0 Å². The molecule has 7 aromatic rings. The van der Waals surface area contributed by atoms with Gasteiger partial charge in [0.15, 0.2) is 11.6 Å². The molecule has 8 rings (SSSR count). The highest BCUT2D eigenvalue weighted by Crippen LogP contribution is 2.43. The number of hydrogen-bond acceptors (Lipinski definition) is 2. The Balaban J connectivity index is 1.45. The van der Waals surface area contributed by atoms with Crippen LogP contribution in [-0.4, -0.2) is 11.6 Å². The van der Waals surface area contributed by atoms with Crippen LogP contribution in [0.5, 0.6) is 0 Å². The fraction of sp³-hybridized carbons (Fsp3) is 0. The third-order valence-corrected chi connectivity index (χ3v) is 8.16. The van der Waals surface area contributed by atoms with Crippen LogP contribution in [0.25, 0.3) is 54.6 Å². The van der Waals surface area contributed by atoms with Gasteiger partial charge < -0.3 is 0 Å². The summed E-state index contributed by atoms with van der Waals surface area (Å²) in [7, 11) is 0. The molecular weight excluding hydrogens is 488 g/mol. The maximum absolute atomic E-state index is 13.6. The maximum Gasteiger partial charge on any atom is 0.194 e. The van der Waals surface area contributed by atoms with Crippen molar-refractivity contribution >= 4 is 43.9 Å². The average molecular weight is 511 g/mol. The van der Waals surface area contributed by atoms with Crippen LogP contribution in [0.15, 0.2) is 133 Å². The molecule has 0 heterocycles. The van der Waals surface area contributed by atoms with E-state index >= 15 is 0 Å². The topological polar surface area (TPSA) is 34.1 Å². The van der Waals surface area contributed by atoms with Gasteiger partial charge in [-0.25, -0.2) is 0 Å². The van der Waals surface area contributed by atoms with Gasteiger partial charge in [0.2, 0.25) is 0 Å². The Morgan fingerprint density at radius 3 is 1.43 bits per heavy atom. The molecular formula is C38H22O2. The van der Waals surface area contributed by atoms with Gasteiger partial charge in [0, 0.05) is 22.3 Å². The van der Waals surface area contributed by atoms with E-state index in [1.807, 2.05) is 30.3 Å². The largest absolute Gasteiger partial charge is 0.289 e. The Labute approximate surface area is 231 Å². The van der Waals surface area contributed by atoms with Crippen molar-refractivity contribution in [2.75, 3.05) is 0 Å². The lowest BCUT2D eigenvalue weighted by Gasteiger charge is -2.20. The summed E-state index contributed by atoms with van der Waals surface area (Å²) in [5.74, 6) is -0.208. The summed E-state index contributed by atoms with van der Waals surface area (Å²) in [4.78, 5) is 26.9. The predicted molar refractivity (Wildman–Crippen MR) is 163 cm³/mol. The molecule has 1 aliphatic carbocycles. The number of benzene rings is 7. The fourth-order valence-corrected chi connectivity index (χ4v) is 6.26. The standard InChI is InChI=1S/C38H22O2/c39-37-30-15-7-8-16-31(30)38(40)35-22-27(17-18-32(35)37)33-20-23-9-1-2-10-24(23)21-34(33)36-28-13-5-3-11-25(28)19-26-12-4-6-14-29(26)36/h1-22H. The highest BCUT2D eigenvalue weighted by Gasteiger charge is 2.30. The third-order valence-electron chi connectivity index (χ3n) is 8.16. The predicted octanol–water partition coefficient (Wildman–Crippen LogP) is 9.26. The summed E-state index contributed by atoms with van der Waals surface area (Å²) in [6.45, 7) is 0. The molecule has 2 heteroatoms. The molecule has 0 saturated carbocycles. The molecule has 0 spiro atoms. The van der Waals surface area contributed by atoms with E-state index in [9.17, 15) is 9.59 Å². The Morgan fingerprint density at radius 1 is 0.325 bits per heavy atom. The lowest BCUT2D eigenvalue weighted by atomic mass is 9.81. The first-order valence-corrected chi connectivity index (χ1v) is 13.4. The van der Waals surface area contributed by atoms with E-state index in [1.165, 1.54) is 27.1 Å². The molecule has 7 aromatic carbocycles. The molecule has 0 fully saturated rings. The van der Waals surface area contributed by atoms with E-state index in [2.05, 4.69) is 84.9 Å². The molecule has 0 atom stereocenters. The van der Waals surface area contributed by atoms with Gasteiger partial charge in [-0.15, -0.1) is 0 Å². The Bertz CT molecular complexity index is 2150. The molecule has 186 valence electrons. The van der Waals surface area contributed by atoms with Crippen LogP contribution in [0.1, 0.15) is 31.8 Å². The minimum atomic E-state index is -0.106. The maximum atomic E-state index is 13.6. The van der Waals surface area contributed by atoms with Crippen molar-refractivity contribution < 1.29 is 9.59 Å². The number of fused-ring (bicyclic) bond motifs is 5. The molecule has 0 aliphatic heterocycles. The molecule has 0 unspecified atom stereocenters. The number of hydrogen-bond donors (Lipinski definition) is 0. The lowest BCUT2D eigenvalue weighted by Crippen LogP contribution is -2.20. The van der Waals surface area contributed by atoms with Crippen LogP contribution >= 0.6 is 0 Å². The molecule has 0 N–H and O–H groups in total. The smallest absolute Gasteiger partial charge is 0.194 e. The summed E-state index contributed by atoms with van der Waals surface area (Å²) in [6, 6.07) is 44.9. The Hall–Kier alpha value is -5.34. The molecule has 2 nitrogen and oxygen atoms in total. The van der Waals surface area contributed by atoms with E-state index in [0.29, 0.717) is 22.3 Å². The van der Waals surface area contributed by atoms with E-state index in [-0.39, 0.29) is 11.6 Å². The van der Waals surface area contributed by atoms with Crippen LogP contribution in [0.3, 0.4) is 0 Å². The quantitative estimate of drug-likeness (QED) is 0.217. The summed E-state index contributed by atoms with van der Waals surface area (Å²) >= 11 is 0. The number of rotatable bonds is 2. The minimum absolute atomic E-state index is 0.101. The molecule has 1 aliphatic rings. The van der Waals surface area contributed by atoms with Gasteiger partial charge in [0.05, 0.1) is 0 Å². The van der Waals surface area contributed by atoms with Gasteiger partial charge in [-0.05, 0) is 84.9 Å². The fourth-order valence-electron chi connectivity index (χ4n) is 6.26. The van der Waals surface area contributed by atoms with E-state index in [1.54, 1.807) is 18.2 Å². The second kappa shape index (κ2) is 8.59. The van der Waals surface area contributed by atoms with E-state index in [0.717, 1.165) is 27.5 Å². The second-order valence-corrected chi connectivity index (χ2v) is 10.4. The van der Waals surface area contributed by atoms with Crippen molar-refractivity contribution in [1.82, 2.24) is 0 Å². The van der Waals surface area contributed by atoms with Crippen molar-refractivity contribution in [3.8, 4) is 22.3 Å². The SMILES string of the molecule is O=C1c2ccccc2C(=O)c2cc(-c3cc4ccccc4cc3-c3c4ccccc4cc4ccccc34)ccc21. The monoisotopic (exact) mass is 510 g/mol. The van der Waals surface area contributed by atoms with Gasteiger partial charge in [-0.3, -0.25) is 9.59 Å². The van der Waals surface area contributed by atoms with Crippen LogP contribution in [0.2, 0.25) is 0 Å². The minimum Gasteiger partial charge on any atom is -0.289 e. The lowest BCUT2D eigenvalue weighted by molar-refractivity contribution is 0.0979. The van der Waals surface area contributed by atoms with Crippen molar-refractivity contribution in [3.63, 3.8) is 0 Å². The first-order chi connectivity index (χ1) is 19.7. The molecule has 40 heavy (non-hydrogen) atoms. The second-order valence-electron chi connectivity index (χ2n) is 10.4. The number of carbonyl (C=O) groups excluding carboxylic acids is 2. The van der Waals surface area contributed by atoms with Crippen LogP contribution in [0, 0.1) is 0 Å². The van der Waals surface area contributed by atoms with Gasteiger partial charge >= 0.3 is 0 Å². The normalized spacial score (nSPS) is 12.6. The number of ketones is 2. The van der Waals surface area contributed by atoms with E-state index < -0.39 is 0 Å². The molecule has 0 amide bonds. The van der Waals surface area contributed by atoms with Crippen LogP contribution in [0.4, 0.5) is 0 Å². The van der Waals surface area contributed by atoms with Crippen molar-refractivity contribution in [1.29, 1.82) is 0 Å². The third kappa shape index (κ3) is 3.30. The molecule has 0 bridgehead atoms. The van der Waals surface area contributed by atoms with Crippen molar-refractivity contribution in [3.05, 3.63) is 156 Å². The number of carbonyl (C=O) groups is 2. The summed E-state index contributed by atoms with van der Waals surface area (Å²) < 4.78 is 0. The zero-order chi connectivity index (χ0) is 26.8. The van der Waals surface area contributed by atoms with Crippen LogP contribution < -0.4 is 0 Å². The average Bonchev–Trinajstić information content (AvgIpc) is 3.01. The highest BCUT2D eigenvalue weighted by molar-refractivity contribution is 6.28. The van der Waals surface area contributed by atoms with Gasteiger partial charge in [-0.1, -0.05) is 103 Å². The summed E-state index contributed by atoms with van der Waals surface area (Å²) in [5.41, 5.74) is 6.08. The van der Waals surface area contributed by atoms with Crippen LogP contribution in [-0.2, 0) is 0 Å². The Kier molecular flexibility index (Phi) is 4.86. The molecule has 0 saturated heterocycles. The van der Waals surface area contributed by atoms with E-state index in [4.69, 9.17) is 0 Å². The zero-order valence-electron chi connectivity index (χ0n) is 21.5. The zero-order valence-corrected chi connectivity index (χ0v) is 21.5. The van der Waals surface area contributed by atoms with Gasteiger partial charge in [0.25, 0.3) is 0 Å². The van der Waals surface area contributed by atoms with Gasteiger partial charge in [0.1, 0.15) is 0 Å². The molecule has 0 aromatic heterocycles. The molecule has 0 radical (unpaired) electrons. The first-order valence-electron chi connectivity index (χ1n) is 13.4. The van der Waals surface area contributed by atoms with Crippen molar-refractivity contribution in [2.24, 2.45) is 0 Å².